The molecule has 1 saturated heterocycles. The Morgan fingerprint density at radius 1 is 1.48 bits per heavy atom. The lowest BCUT2D eigenvalue weighted by Crippen LogP contribution is -2.36. The first-order valence-electron chi connectivity index (χ1n) is 9.92. The first-order chi connectivity index (χ1) is 14.3. The van der Waals surface area contributed by atoms with Gasteiger partial charge in [-0.2, -0.15) is 0 Å². The molecule has 9 nitrogen and oxygen atoms in total. The van der Waals surface area contributed by atoms with Crippen LogP contribution in [0, 0.1) is 11.2 Å². The molecule has 0 bridgehead atoms. The highest BCUT2D eigenvalue weighted by molar-refractivity contribution is 5.97. The predicted molar refractivity (Wildman–Crippen MR) is 117 cm³/mol. The molecule has 0 spiro atoms. The second-order valence-electron chi connectivity index (χ2n) is 8.06. The summed E-state index contributed by atoms with van der Waals surface area (Å²) in [5, 5.41) is 13.5. The van der Waals surface area contributed by atoms with Crippen LogP contribution >= 0.6 is 12.4 Å². The Kier molecular flexibility index (Phi) is 6.24. The Morgan fingerprint density at radius 2 is 2.19 bits per heavy atom. The zero-order valence-corrected chi connectivity index (χ0v) is 18.1. The highest BCUT2D eigenvalue weighted by atomic mass is 35.5. The van der Waals surface area contributed by atoms with Gasteiger partial charge in [-0.1, -0.05) is 12.1 Å². The van der Waals surface area contributed by atoms with E-state index >= 15 is 4.39 Å². The minimum Gasteiger partial charge on any atom is -0.477 e. The molecule has 2 aliphatic rings. The molecule has 1 saturated carbocycles. The lowest BCUT2D eigenvalue weighted by molar-refractivity contribution is 0.0695. The van der Waals surface area contributed by atoms with Crippen molar-refractivity contribution >= 4 is 40.9 Å². The summed E-state index contributed by atoms with van der Waals surface area (Å²) < 4.78 is 16.7. The van der Waals surface area contributed by atoms with Gasteiger partial charge in [0.05, 0.1) is 17.6 Å². The molecular formula is C20H25ClFN5O4. The maximum Gasteiger partial charge on any atom is 0.341 e. The molecule has 3 N–H and O–H groups in total. The number of nitrogens with zero attached hydrogens (tertiary/aromatic N) is 4. The van der Waals surface area contributed by atoms with Crippen LogP contribution in [0.4, 0.5) is 10.2 Å². The topological polar surface area (TPSA) is 123 Å². The fourth-order valence-electron chi connectivity index (χ4n) is 3.80. The van der Waals surface area contributed by atoms with E-state index in [1.165, 1.54) is 6.20 Å². The number of carbonyl (C=O) groups is 1. The molecule has 1 aliphatic heterocycles. The number of aromatic carboxylic acids is 1. The van der Waals surface area contributed by atoms with Gasteiger partial charge in [-0.25, -0.2) is 14.2 Å². The van der Waals surface area contributed by atoms with E-state index in [0.29, 0.717) is 32.0 Å². The van der Waals surface area contributed by atoms with E-state index in [1.54, 1.807) is 9.47 Å². The summed E-state index contributed by atoms with van der Waals surface area (Å²) in [5.41, 5.74) is 5.33. The number of aromatic nitrogens is 2. The Labute approximate surface area is 184 Å². The van der Waals surface area contributed by atoms with E-state index in [2.05, 4.69) is 10.1 Å². The largest absolute Gasteiger partial charge is 0.477 e. The lowest BCUT2D eigenvalue weighted by atomic mass is 9.88. The number of hydrogen-bond acceptors (Lipinski definition) is 7. The molecule has 31 heavy (non-hydrogen) atoms. The number of pyridine rings is 2. The van der Waals surface area contributed by atoms with Crippen LogP contribution in [-0.2, 0) is 4.84 Å². The predicted octanol–water partition coefficient (Wildman–Crippen LogP) is 2.17. The summed E-state index contributed by atoms with van der Waals surface area (Å²) in [6.07, 6.45) is 3.02. The molecule has 0 amide bonds. The molecule has 3 heterocycles. The molecule has 1 unspecified atom stereocenters. The van der Waals surface area contributed by atoms with Gasteiger partial charge in [0, 0.05) is 30.7 Å². The fraction of sp³-hybridized carbons (Fsp3) is 0.500. The van der Waals surface area contributed by atoms with E-state index in [-0.39, 0.29) is 40.9 Å². The molecule has 0 aromatic carbocycles. The molecule has 0 radical (unpaired) electrons. The average molecular weight is 454 g/mol. The van der Waals surface area contributed by atoms with Gasteiger partial charge in [-0.05, 0) is 25.8 Å². The summed E-state index contributed by atoms with van der Waals surface area (Å²) in [7, 11) is 0. The van der Waals surface area contributed by atoms with Crippen molar-refractivity contribution in [2.75, 3.05) is 31.1 Å². The summed E-state index contributed by atoms with van der Waals surface area (Å²) in [6.45, 7) is 5.16. The van der Waals surface area contributed by atoms with Crippen molar-refractivity contribution in [2.24, 2.45) is 16.3 Å². The van der Waals surface area contributed by atoms with Gasteiger partial charge in [0.25, 0.3) is 0 Å². The van der Waals surface area contributed by atoms with Crippen molar-refractivity contribution in [2.45, 2.75) is 32.7 Å². The summed E-state index contributed by atoms with van der Waals surface area (Å²) >= 11 is 0. The van der Waals surface area contributed by atoms with E-state index in [0.717, 1.165) is 18.9 Å². The average Bonchev–Trinajstić information content (AvgIpc) is 3.50. The van der Waals surface area contributed by atoms with Gasteiger partial charge in [0.2, 0.25) is 5.43 Å². The van der Waals surface area contributed by atoms with Crippen LogP contribution in [0.15, 0.2) is 22.2 Å². The third-order valence-electron chi connectivity index (χ3n) is 5.74. The maximum atomic E-state index is 15.1. The number of anilines is 1. The minimum absolute atomic E-state index is 0. The number of fused-ring (bicyclic) bond motifs is 1. The van der Waals surface area contributed by atoms with Gasteiger partial charge in [0.1, 0.15) is 17.8 Å². The molecule has 1 atom stereocenters. The van der Waals surface area contributed by atoms with Crippen molar-refractivity contribution in [1.82, 2.24) is 9.55 Å². The van der Waals surface area contributed by atoms with Crippen molar-refractivity contribution in [3.63, 3.8) is 0 Å². The SMILES string of the molecule is CCO/N=C1\CN(c2nc3c(cc2F)c(=O)c(C(=O)O)cn3C2CC2)CC1(C)CN.Cl. The van der Waals surface area contributed by atoms with Crippen LogP contribution < -0.4 is 16.1 Å². The summed E-state index contributed by atoms with van der Waals surface area (Å²) in [5.74, 6) is -1.95. The van der Waals surface area contributed by atoms with E-state index in [1.807, 2.05) is 13.8 Å². The van der Waals surface area contributed by atoms with Crippen LogP contribution in [0.25, 0.3) is 11.0 Å². The monoisotopic (exact) mass is 453 g/mol. The Balaban J connectivity index is 0.00000272. The number of nitrogens with two attached hydrogens (primary N) is 1. The zero-order valence-electron chi connectivity index (χ0n) is 17.3. The second-order valence-corrected chi connectivity index (χ2v) is 8.06. The lowest BCUT2D eigenvalue weighted by Gasteiger charge is -2.23. The molecule has 1 aliphatic carbocycles. The van der Waals surface area contributed by atoms with Crippen LogP contribution in [0.5, 0.6) is 0 Å². The third kappa shape index (κ3) is 3.97. The normalized spacial score (nSPS) is 22.1. The number of rotatable bonds is 6. The number of oxime groups is 1. The molecule has 2 fully saturated rings. The van der Waals surface area contributed by atoms with E-state index in [9.17, 15) is 14.7 Å². The van der Waals surface area contributed by atoms with Gasteiger partial charge in [-0.15, -0.1) is 12.4 Å². The van der Waals surface area contributed by atoms with Crippen molar-refractivity contribution < 1.29 is 19.1 Å². The Hall–Kier alpha value is -2.72. The third-order valence-corrected chi connectivity index (χ3v) is 5.74. The smallest absolute Gasteiger partial charge is 0.341 e. The van der Waals surface area contributed by atoms with Crippen LogP contribution in [0.3, 0.4) is 0 Å². The summed E-state index contributed by atoms with van der Waals surface area (Å²) in [6, 6.07) is 1.14. The number of halogens is 2. The zero-order chi connectivity index (χ0) is 21.6. The standard InChI is InChI=1S/C20H24FN5O4.ClH/c1-3-30-24-15-8-25(10-20(15,2)9-22)18-14(21)6-12-16(27)13(19(28)29)7-26(11-4-5-11)17(12)23-18;/h6-7,11H,3-5,8-10,22H2,1-2H3,(H,28,29);1H/b24-15+;. The van der Waals surface area contributed by atoms with Gasteiger partial charge in [0.15, 0.2) is 11.6 Å². The van der Waals surface area contributed by atoms with Crippen LogP contribution in [-0.4, -0.2) is 52.6 Å². The van der Waals surface area contributed by atoms with E-state index < -0.39 is 22.6 Å². The molecule has 11 heteroatoms. The highest BCUT2D eigenvalue weighted by Gasteiger charge is 2.41. The number of hydrogen-bond donors (Lipinski definition) is 2. The van der Waals surface area contributed by atoms with Crippen molar-refractivity contribution in [3.05, 3.63) is 33.9 Å². The highest BCUT2D eigenvalue weighted by Crippen LogP contribution is 2.38. The molecule has 168 valence electrons. The van der Waals surface area contributed by atoms with Crippen molar-refractivity contribution in [3.8, 4) is 0 Å². The van der Waals surface area contributed by atoms with Crippen LogP contribution in [0.2, 0.25) is 0 Å². The Bertz CT molecular complexity index is 1120. The van der Waals surface area contributed by atoms with E-state index in [4.69, 9.17) is 10.6 Å². The molecular weight excluding hydrogens is 429 g/mol. The fourth-order valence-corrected chi connectivity index (χ4v) is 3.80. The number of carboxylic acid groups (broad SMARTS) is 1. The first kappa shape index (κ1) is 23.0. The molecule has 2 aromatic heterocycles. The van der Waals surface area contributed by atoms with Gasteiger partial charge < -0.3 is 25.1 Å². The van der Waals surface area contributed by atoms with Crippen LogP contribution in [0.1, 0.15) is 43.1 Å². The first-order valence-corrected chi connectivity index (χ1v) is 9.92. The minimum atomic E-state index is -1.34. The van der Waals surface area contributed by atoms with Gasteiger partial charge >= 0.3 is 5.97 Å². The molecule has 4 rings (SSSR count). The quantitative estimate of drug-likeness (QED) is 0.642. The molecule has 2 aromatic rings. The maximum absolute atomic E-state index is 15.1. The Morgan fingerprint density at radius 3 is 2.77 bits per heavy atom. The van der Waals surface area contributed by atoms with Gasteiger partial charge in [-0.3, -0.25) is 4.79 Å². The summed E-state index contributed by atoms with van der Waals surface area (Å²) in [4.78, 5) is 35.5. The number of carboxylic acids is 1. The second kappa shape index (κ2) is 8.43. The van der Waals surface area contributed by atoms with Crippen molar-refractivity contribution in [1.29, 1.82) is 0 Å².